The van der Waals surface area contributed by atoms with Crippen LogP contribution in [0.3, 0.4) is 0 Å². The molecule has 1 saturated heterocycles. The quantitative estimate of drug-likeness (QED) is 0.392. The minimum atomic E-state index is 0.103. The lowest BCUT2D eigenvalue weighted by Crippen LogP contribution is -2.40. The summed E-state index contributed by atoms with van der Waals surface area (Å²) in [6, 6.07) is 16.1. The van der Waals surface area contributed by atoms with Gasteiger partial charge in [-0.2, -0.15) is 0 Å². The predicted molar refractivity (Wildman–Crippen MR) is 123 cm³/mol. The van der Waals surface area contributed by atoms with Crippen molar-refractivity contribution in [2.75, 3.05) is 18.8 Å². The minimum absolute atomic E-state index is 0.103. The minimum Gasteiger partial charge on any atom is -0.411 e. The van der Waals surface area contributed by atoms with Crippen LogP contribution in [0.2, 0.25) is 0 Å². The molecule has 8 heteroatoms. The topological polar surface area (TPSA) is 72.1 Å². The van der Waals surface area contributed by atoms with Gasteiger partial charge in [0.2, 0.25) is 11.8 Å². The molecule has 0 saturated carbocycles. The number of carbonyl (C=O) groups excluding carboxylic acids is 1. The van der Waals surface area contributed by atoms with Crippen LogP contribution in [0.25, 0.3) is 21.7 Å². The number of para-hydroxylation sites is 1. The van der Waals surface area contributed by atoms with Crippen LogP contribution < -0.4 is 0 Å². The molecule has 1 amide bonds. The monoisotopic (exact) mass is 450 g/mol. The fraction of sp³-hybridized carbons (Fsp3) is 0.304. The van der Waals surface area contributed by atoms with Gasteiger partial charge in [0.25, 0.3) is 5.22 Å². The van der Waals surface area contributed by atoms with Crippen molar-refractivity contribution in [3.8, 4) is 11.5 Å². The van der Waals surface area contributed by atoms with Gasteiger partial charge < -0.3 is 9.32 Å². The van der Waals surface area contributed by atoms with E-state index in [1.807, 2.05) is 54.3 Å². The van der Waals surface area contributed by atoms with E-state index in [2.05, 4.69) is 16.3 Å². The molecule has 6 nitrogen and oxygen atoms in total. The zero-order valence-corrected chi connectivity index (χ0v) is 18.8. The Balaban J connectivity index is 1.21. The lowest BCUT2D eigenvalue weighted by Gasteiger charge is -2.31. The molecule has 3 heterocycles. The van der Waals surface area contributed by atoms with Crippen LogP contribution >= 0.6 is 23.1 Å². The second-order valence-corrected chi connectivity index (χ2v) is 9.66. The summed E-state index contributed by atoms with van der Waals surface area (Å²) in [7, 11) is 0. The van der Waals surface area contributed by atoms with Gasteiger partial charge in [0.1, 0.15) is 0 Å². The summed E-state index contributed by atoms with van der Waals surface area (Å²) < 4.78 is 6.98. The molecule has 1 aliphatic rings. The summed E-state index contributed by atoms with van der Waals surface area (Å²) >= 11 is 3.04. The molecular weight excluding hydrogens is 428 g/mol. The van der Waals surface area contributed by atoms with Crippen molar-refractivity contribution in [3.05, 3.63) is 59.1 Å². The lowest BCUT2D eigenvalue weighted by atomic mass is 9.99. The summed E-state index contributed by atoms with van der Waals surface area (Å²) in [5.41, 5.74) is 3.04. The zero-order valence-electron chi connectivity index (χ0n) is 17.2. The molecule has 1 fully saturated rings. The number of thiazole rings is 1. The van der Waals surface area contributed by atoms with Crippen molar-refractivity contribution >= 4 is 39.2 Å². The fourth-order valence-corrected chi connectivity index (χ4v) is 5.63. The van der Waals surface area contributed by atoms with Crippen LogP contribution in [0.15, 0.2) is 58.2 Å². The van der Waals surface area contributed by atoms with E-state index in [4.69, 9.17) is 9.40 Å². The first kappa shape index (κ1) is 20.2. The Morgan fingerprint density at radius 3 is 2.90 bits per heavy atom. The number of benzene rings is 2. The summed E-state index contributed by atoms with van der Waals surface area (Å²) in [5.74, 6) is 1.19. The molecule has 0 N–H and O–H groups in total. The smallest absolute Gasteiger partial charge is 0.277 e. The molecule has 4 aromatic rings. The highest BCUT2D eigenvalue weighted by molar-refractivity contribution is 7.99. The average molecular weight is 451 g/mol. The van der Waals surface area contributed by atoms with E-state index in [0.717, 1.165) is 47.6 Å². The van der Waals surface area contributed by atoms with Crippen LogP contribution in [0.5, 0.6) is 0 Å². The van der Waals surface area contributed by atoms with Gasteiger partial charge in [0.05, 0.1) is 21.0 Å². The highest BCUT2D eigenvalue weighted by Gasteiger charge is 2.27. The third kappa shape index (κ3) is 4.36. The maximum atomic E-state index is 12.8. The maximum absolute atomic E-state index is 12.8. The van der Waals surface area contributed by atoms with E-state index in [1.165, 1.54) is 16.5 Å². The number of nitrogens with zero attached hydrogens (tertiary/aromatic N) is 4. The Morgan fingerprint density at radius 1 is 1.19 bits per heavy atom. The number of aryl methyl sites for hydroxylation is 1. The normalized spacial score (nSPS) is 16.7. The van der Waals surface area contributed by atoms with Crippen LogP contribution in [0, 0.1) is 6.92 Å². The molecule has 0 unspecified atom stereocenters. The van der Waals surface area contributed by atoms with E-state index < -0.39 is 0 Å². The second kappa shape index (κ2) is 8.80. The molecule has 0 aliphatic carbocycles. The molecule has 1 aliphatic heterocycles. The van der Waals surface area contributed by atoms with E-state index in [0.29, 0.717) is 22.8 Å². The van der Waals surface area contributed by atoms with E-state index in [-0.39, 0.29) is 5.91 Å². The van der Waals surface area contributed by atoms with Crippen molar-refractivity contribution in [1.29, 1.82) is 0 Å². The third-order valence-electron chi connectivity index (χ3n) is 5.53. The van der Waals surface area contributed by atoms with Gasteiger partial charge >= 0.3 is 0 Å². The summed E-state index contributed by atoms with van der Waals surface area (Å²) in [4.78, 5) is 19.6. The van der Waals surface area contributed by atoms with Gasteiger partial charge in [0, 0.05) is 24.6 Å². The van der Waals surface area contributed by atoms with E-state index >= 15 is 0 Å². The highest BCUT2D eigenvalue weighted by atomic mass is 32.2. The number of piperidine rings is 1. The van der Waals surface area contributed by atoms with Gasteiger partial charge in [0.15, 0.2) is 0 Å². The van der Waals surface area contributed by atoms with Crippen LogP contribution in [0.4, 0.5) is 0 Å². The molecule has 5 rings (SSSR count). The first-order valence-corrected chi connectivity index (χ1v) is 12.1. The maximum Gasteiger partial charge on any atom is 0.277 e. The number of thioether (sulfide) groups is 1. The van der Waals surface area contributed by atoms with Crippen LogP contribution in [-0.2, 0) is 4.79 Å². The largest absolute Gasteiger partial charge is 0.411 e. The van der Waals surface area contributed by atoms with Crippen molar-refractivity contribution in [2.24, 2.45) is 0 Å². The Bertz CT molecular complexity index is 1190. The number of rotatable bonds is 5. The molecular formula is C23H22N4O2S2. The van der Waals surface area contributed by atoms with Gasteiger partial charge in [-0.1, -0.05) is 42.1 Å². The fourth-order valence-electron chi connectivity index (χ4n) is 3.87. The van der Waals surface area contributed by atoms with Crippen LogP contribution in [-0.4, -0.2) is 44.8 Å². The number of hydrogen-bond acceptors (Lipinski definition) is 7. The van der Waals surface area contributed by atoms with Gasteiger partial charge in [-0.25, -0.2) is 4.98 Å². The lowest BCUT2D eigenvalue weighted by molar-refractivity contribution is -0.129. The molecule has 2 aromatic carbocycles. The van der Waals surface area contributed by atoms with E-state index in [1.54, 1.807) is 11.3 Å². The molecule has 1 atom stereocenters. The summed E-state index contributed by atoms with van der Waals surface area (Å²) in [6.07, 6.45) is 2.06. The Morgan fingerprint density at radius 2 is 2.03 bits per heavy atom. The highest BCUT2D eigenvalue weighted by Crippen LogP contribution is 2.33. The van der Waals surface area contributed by atoms with Crippen LogP contribution in [0.1, 0.15) is 29.3 Å². The molecule has 2 aromatic heterocycles. The van der Waals surface area contributed by atoms with Crippen molar-refractivity contribution < 1.29 is 9.21 Å². The molecule has 158 valence electrons. The number of aromatic nitrogens is 3. The van der Waals surface area contributed by atoms with Gasteiger partial charge in [-0.05, 0) is 43.5 Å². The van der Waals surface area contributed by atoms with Gasteiger partial charge in [-0.3, -0.25) is 4.79 Å². The van der Waals surface area contributed by atoms with Crippen molar-refractivity contribution in [1.82, 2.24) is 20.1 Å². The van der Waals surface area contributed by atoms with Gasteiger partial charge in [-0.15, -0.1) is 21.5 Å². The number of amides is 1. The predicted octanol–water partition coefficient (Wildman–Crippen LogP) is 5.15. The number of carbonyl (C=O) groups is 1. The first-order chi connectivity index (χ1) is 15.2. The standard InChI is InChI=1S/C23H22N4O2S2/c1-15-7-2-3-9-17(15)21-25-26-23(29-21)30-14-20(28)27-12-6-8-16(13-27)22-24-18-10-4-5-11-19(18)31-22/h2-5,7,9-11,16H,6,8,12-14H2,1H3/t16-/m0/s1. The molecule has 0 bridgehead atoms. The Labute approximate surface area is 188 Å². The summed E-state index contributed by atoms with van der Waals surface area (Å²) in [5, 5.41) is 9.80. The second-order valence-electron chi connectivity index (χ2n) is 7.68. The third-order valence-corrected chi connectivity index (χ3v) is 7.54. The number of likely N-dealkylation sites (tertiary alicyclic amines) is 1. The van der Waals surface area contributed by atoms with Crippen molar-refractivity contribution in [3.63, 3.8) is 0 Å². The molecule has 0 radical (unpaired) electrons. The molecule has 0 spiro atoms. The summed E-state index contributed by atoms with van der Waals surface area (Å²) in [6.45, 7) is 3.52. The Kier molecular flexibility index (Phi) is 5.74. The van der Waals surface area contributed by atoms with E-state index in [9.17, 15) is 4.79 Å². The van der Waals surface area contributed by atoms with Crippen molar-refractivity contribution in [2.45, 2.75) is 30.9 Å². The number of fused-ring (bicyclic) bond motifs is 1. The number of hydrogen-bond donors (Lipinski definition) is 0. The zero-order chi connectivity index (χ0) is 21.2. The first-order valence-electron chi connectivity index (χ1n) is 10.3. The molecule has 31 heavy (non-hydrogen) atoms. The SMILES string of the molecule is Cc1ccccc1-c1nnc(SCC(=O)N2CCC[C@H](c3nc4ccccc4s3)C2)o1. The average Bonchev–Trinajstić information content (AvgIpc) is 3.45. The Hall–Kier alpha value is -2.71.